The number of alkyl carbamates (subject to hydrolysis) is 1. The van der Waals surface area contributed by atoms with Gasteiger partial charge in [0.25, 0.3) is 0 Å². The van der Waals surface area contributed by atoms with Crippen molar-refractivity contribution < 1.29 is 67.8 Å². The lowest BCUT2D eigenvalue weighted by molar-refractivity contribution is -0.350. The van der Waals surface area contributed by atoms with E-state index in [1.807, 2.05) is 0 Å². The van der Waals surface area contributed by atoms with Crippen molar-refractivity contribution in [2.75, 3.05) is 6.61 Å². The molecule has 0 aromatic heterocycles. The molecule has 1 aliphatic heterocycles. The van der Waals surface area contributed by atoms with Crippen LogP contribution in [0.1, 0.15) is 90.2 Å². The first-order valence-electron chi connectivity index (χ1n) is 19.5. The van der Waals surface area contributed by atoms with Gasteiger partial charge in [0, 0.05) is 37.0 Å². The third-order valence-corrected chi connectivity index (χ3v) is 12.9. The number of ketones is 2. The molecular formula is C43H53NO14. The lowest BCUT2D eigenvalue weighted by Gasteiger charge is -2.67. The van der Waals surface area contributed by atoms with Crippen LogP contribution in [0.3, 0.4) is 0 Å². The van der Waals surface area contributed by atoms with Crippen molar-refractivity contribution in [3.8, 4) is 0 Å². The first kappa shape index (κ1) is 42.9. The number of nitrogens with one attached hydrogen (secondary N) is 1. The molecule has 58 heavy (non-hydrogen) atoms. The monoisotopic (exact) mass is 807 g/mol. The molecule has 6 rings (SSSR count). The van der Waals surface area contributed by atoms with Gasteiger partial charge >= 0.3 is 24.0 Å². The van der Waals surface area contributed by atoms with Crippen LogP contribution < -0.4 is 5.32 Å². The second-order valence-corrected chi connectivity index (χ2v) is 17.9. The van der Waals surface area contributed by atoms with E-state index in [4.69, 9.17) is 23.7 Å². The molecule has 4 N–H and O–H groups in total. The Hall–Kier alpha value is -4.70. The minimum atomic E-state index is -2.36. The summed E-state index contributed by atoms with van der Waals surface area (Å²) < 4.78 is 29.5. The summed E-state index contributed by atoms with van der Waals surface area (Å²) in [7, 11) is 0. The molecule has 1 heterocycles. The SMILES string of the molecule is CC(=O)O[C@@]12COC1C[C@H](O)[C@@]1(C)C(=O)C(=O)C3C(C)[C@@H](OC(=O)[C@H](O)[C@@H](NC(=O)OC(C)(C)C)c4ccccc4)C[C@@](O)([C@@H](OC(=O)c4ccccc4)C21)C3(C)C. The summed E-state index contributed by atoms with van der Waals surface area (Å²) >= 11 is 0. The average molecular weight is 808 g/mol. The molecule has 2 aromatic rings. The number of amides is 1. The van der Waals surface area contributed by atoms with Crippen molar-refractivity contribution in [1.29, 1.82) is 0 Å². The van der Waals surface area contributed by atoms with Gasteiger partial charge in [0.1, 0.15) is 29.5 Å². The summed E-state index contributed by atoms with van der Waals surface area (Å²) in [6.07, 6.45) is -9.48. The molecule has 15 heteroatoms. The minimum Gasteiger partial charge on any atom is -0.460 e. The van der Waals surface area contributed by atoms with Crippen LogP contribution in [-0.4, -0.2) is 105 Å². The van der Waals surface area contributed by atoms with Gasteiger partial charge in [-0.25, -0.2) is 14.4 Å². The van der Waals surface area contributed by atoms with E-state index < -0.39 is 124 Å². The predicted molar refractivity (Wildman–Crippen MR) is 203 cm³/mol. The number of Topliss-reactive ketones (excluding diaryl/α,β-unsaturated/α-hetero) is 2. The lowest BCUT2D eigenvalue weighted by Crippen LogP contribution is -2.82. The van der Waals surface area contributed by atoms with Crippen LogP contribution in [0.4, 0.5) is 4.79 Å². The largest absolute Gasteiger partial charge is 0.460 e. The fraction of sp³-hybridized carbons (Fsp3) is 0.581. The van der Waals surface area contributed by atoms with Crippen LogP contribution in [0.2, 0.25) is 0 Å². The molecule has 12 atom stereocenters. The average Bonchev–Trinajstić information content (AvgIpc) is 3.14. The van der Waals surface area contributed by atoms with Gasteiger partial charge in [0.2, 0.25) is 11.6 Å². The minimum absolute atomic E-state index is 0.0747. The fourth-order valence-corrected chi connectivity index (χ4v) is 9.87. The van der Waals surface area contributed by atoms with E-state index in [9.17, 15) is 44.1 Å². The zero-order chi connectivity index (χ0) is 42.7. The van der Waals surface area contributed by atoms with Gasteiger partial charge < -0.3 is 44.3 Å². The Morgan fingerprint density at radius 1 is 0.948 bits per heavy atom. The first-order valence-corrected chi connectivity index (χ1v) is 19.5. The Kier molecular flexibility index (Phi) is 11.2. The summed E-state index contributed by atoms with van der Waals surface area (Å²) in [6.45, 7) is 11.8. The zero-order valence-electron chi connectivity index (χ0n) is 33.9. The van der Waals surface area contributed by atoms with Crippen LogP contribution >= 0.6 is 0 Å². The van der Waals surface area contributed by atoms with Gasteiger partial charge in [0.05, 0.1) is 35.6 Å². The topological polar surface area (TPSA) is 221 Å². The Morgan fingerprint density at radius 3 is 2.10 bits per heavy atom. The molecule has 0 spiro atoms. The van der Waals surface area contributed by atoms with Crippen molar-refractivity contribution in [3.63, 3.8) is 0 Å². The van der Waals surface area contributed by atoms with E-state index in [1.165, 1.54) is 19.1 Å². The molecule has 0 radical (unpaired) electrons. The Morgan fingerprint density at radius 2 is 1.55 bits per heavy atom. The highest BCUT2D eigenvalue weighted by atomic mass is 16.6. The second kappa shape index (κ2) is 15.2. The zero-order valence-corrected chi connectivity index (χ0v) is 33.9. The number of hydrogen-bond acceptors (Lipinski definition) is 14. The predicted octanol–water partition coefficient (Wildman–Crippen LogP) is 3.40. The standard InChI is InChI=1S/C43H53NO14/c1-22-26(55-37(51)32(48)30(24-15-11-9-12-16-24)44-38(52)58-39(3,4)5)20-43(53)35(56-36(50)25-17-13-10-14-18-25)33-41(8,34(49)31(47)29(22)40(43,6)7)27(46)19-28-42(33,21-54-28)57-23(2)45/h9-18,22,26-30,32-33,35,46,48,53H,19-21H2,1-8H3,(H,44,52)/t22?,26-,27-,28?,29?,30-,32+,33?,35-,41+,42-,43+/m0/s1. The Labute approximate surface area is 336 Å². The molecule has 2 aromatic carbocycles. The van der Waals surface area contributed by atoms with Crippen LogP contribution in [-0.2, 0) is 42.9 Å². The maximum atomic E-state index is 14.9. The Balaban J connectivity index is 1.46. The molecule has 2 bridgehead atoms. The van der Waals surface area contributed by atoms with E-state index in [1.54, 1.807) is 90.1 Å². The van der Waals surface area contributed by atoms with Crippen molar-refractivity contribution in [3.05, 3.63) is 71.8 Å². The molecule has 4 aliphatic rings. The molecular weight excluding hydrogens is 754 g/mol. The summed E-state index contributed by atoms with van der Waals surface area (Å²) in [4.78, 5) is 83.6. The number of carbonyl (C=O) groups excluding carboxylic acids is 6. The van der Waals surface area contributed by atoms with E-state index in [0.29, 0.717) is 5.56 Å². The maximum absolute atomic E-state index is 14.9. The summed E-state index contributed by atoms with van der Waals surface area (Å²) in [5, 5.41) is 39.3. The number of aliphatic hydroxyl groups is 3. The third-order valence-electron chi connectivity index (χ3n) is 12.9. The van der Waals surface area contributed by atoms with E-state index in [0.717, 1.165) is 6.92 Å². The van der Waals surface area contributed by atoms with Gasteiger partial charge in [0.15, 0.2) is 11.7 Å². The van der Waals surface area contributed by atoms with Crippen LogP contribution in [0.25, 0.3) is 0 Å². The molecule has 314 valence electrons. The summed E-state index contributed by atoms with van der Waals surface area (Å²) in [6, 6.07) is 14.6. The van der Waals surface area contributed by atoms with E-state index in [2.05, 4.69) is 5.32 Å². The van der Waals surface area contributed by atoms with Crippen molar-refractivity contribution in [2.24, 2.45) is 28.6 Å². The number of esters is 3. The van der Waals surface area contributed by atoms with Crippen molar-refractivity contribution in [1.82, 2.24) is 5.32 Å². The van der Waals surface area contributed by atoms with Gasteiger partial charge in [-0.15, -0.1) is 0 Å². The quantitative estimate of drug-likeness (QED) is 0.171. The van der Waals surface area contributed by atoms with Gasteiger partial charge in [-0.05, 0) is 45.4 Å². The van der Waals surface area contributed by atoms with E-state index >= 15 is 0 Å². The van der Waals surface area contributed by atoms with Gasteiger partial charge in [-0.3, -0.25) is 14.4 Å². The number of carbonyl (C=O) groups is 6. The Bertz CT molecular complexity index is 1950. The highest BCUT2D eigenvalue weighted by Gasteiger charge is 2.79. The van der Waals surface area contributed by atoms with Gasteiger partial charge in [-0.1, -0.05) is 69.3 Å². The van der Waals surface area contributed by atoms with Gasteiger partial charge in [-0.2, -0.15) is 0 Å². The molecule has 4 unspecified atom stereocenters. The maximum Gasteiger partial charge on any atom is 0.408 e. The molecule has 3 saturated carbocycles. The fourth-order valence-electron chi connectivity index (χ4n) is 9.87. The first-order chi connectivity index (χ1) is 27.0. The molecule has 1 saturated heterocycles. The van der Waals surface area contributed by atoms with E-state index in [-0.39, 0.29) is 18.6 Å². The molecule has 3 aliphatic carbocycles. The molecule has 1 amide bonds. The lowest BCUT2D eigenvalue weighted by atomic mass is 9.42. The smallest absolute Gasteiger partial charge is 0.408 e. The van der Waals surface area contributed by atoms with Crippen LogP contribution in [0.5, 0.6) is 0 Å². The normalized spacial score (nSPS) is 34.9. The second-order valence-electron chi connectivity index (χ2n) is 17.9. The highest BCUT2D eigenvalue weighted by molar-refractivity contribution is 6.40. The number of aliphatic hydroxyl groups excluding tert-OH is 2. The van der Waals surface area contributed by atoms with Crippen LogP contribution in [0.15, 0.2) is 60.7 Å². The van der Waals surface area contributed by atoms with Crippen molar-refractivity contribution in [2.45, 2.75) is 122 Å². The number of rotatable bonds is 8. The van der Waals surface area contributed by atoms with Crippen molar-refractivity contribution >= 4 is 35.6 Å². The highest BCUT2D eigenvalue weighted by Crippen LogP contribution is 2.64. The number of benzene rings is 2. The summed E-state index contributed by atoms with van der Waals surface area (Å²) in [5.74, 6) is -8.93. The number of ether oxygens (including phenoxy) is 5. The molecule has 15 nitrogen and oxygen atoms in total. The van der Waals surface area contributed by atoms with Crippen LogP contribution in [0, 0.1) is 28.6 Å². The number of fused-ring (bicyclic) bond motifs is 5. The third kappa shape index (κ3) is 7.09. The molecule has 4 fully saturated rings. The number of hydrogen-bond donors (Lipinski definition) is 4. The summed E-state index contributed by atoms with van der Waals surface area (Å²) in [5.41, 5.74) is -8.31.